The summed E-state index contributed by atoms with van der Waals surface area (Å²) < 4.78 is 5.48. The molecule has 0 aliphatic heterocycles. The van der Waals surface area contributed by atoms with Crippen molar-refractivity contribution in [3.05, 3.63) is 43.8 Å². The van der Waals surface area contributed by atoms with E-state index in [4.69, 9.17) is 27.9 Å². The third-order valence-corrected chi connectivity index (χ3v) is 2.88. The molecule has 2 rings (SSSR count). The Labute approximate surface area is 123 Å². The summed E-state index contributed by atoms with van der Waals surface area (Å²) in [7, 11) is 0. The number of halogens is 2. The average Bonchev–Trinajstić information content (AvgIpc) is 2.37. The molecule has 0 saturated carbocycles. The summed E-state index contributed by atoms with van der Waals surface area (Å²) in [6, 6.07) is 2.94. The van der Waals surface area contributed by atoms with E-state index in [-0.39, 0.29) is 22.0 Å². The average molecular weight is 315 g/mol. The number of hydrogen-bond acceptors (Lipinski definition) is 6. The SMILES string of the molecule is Cc1cc([N+](=O)[O-])c(C)cc1Oc1nc(Cl)nnc1Cl. The third-order valence-electron chi connectivity index (χ3n) is 2.49. The molecular formula is C11H8Cl2N4O3. The van der Waals surface area contributed by atoms with Crippen LogP contribution in [0.1, 0.15) is 11.1 Å². The van der Waals surface area contributed by atoms with Crippen molar-refractivity contribution < 1.29 is 9.66 Å². The zero-order chi connectivity index (χ0) is 14.9. The van der Waals surface area contributed by atoms with Crippen LogP contribution in [0.3, 0.4) is 0 Å². The van der Waals surface area contributed by atoms with Crippen LogP contribution in [0.15, 0.2) is 12.1 Å². The van der Waals surface area contributed by atoms with Gasteiger partial charge in [0.2, 0.25) is 10.4 Å². The maximum atomic E-state index is 10.8. The molecule has 1 heterocycles. The highest BCUT2D eigenvalue weighted by Gasteiger charge is 2.16. The van der Waals surface area contributed by atoms with Crippen LogP contribution < -0.4 is 4.74 Å². The maximum Gasteiger partial charge on any atom is 0.272 e. The number of rotatable bonds is 3. The predicted octanol–water partition coefficient (Wildman–Crippen LogP) is 3.50. The van der Waals surface area contributed by atoms with E-state index in [0.29, 0.717) is 16.9 Å². The van der Waals surface area contributed by atoms with E-state index >= 15 is 0 Å². The molecule has 0 N–H and O–H groups in total. The molecule has 9 heteroatoms. The second-order valence-electron chi connectivity index (χ2n) is 3.94. The quantitative estimate of drug-likeness (QED) is 0.636. The largest absolute Gasteiger partial charge is 0.436 e. The third kappa shape index (κ3) is 2.94. The highest BCUT2D eigenvalue weighted by atomic mass is 35.5. The molecule has 104 valence electrons. The Kier molecular flexibility index (Phi) is 4.01. The number of ether oxygens (including phenoxy) is 1. The van der Waals surface area contributed by atoms with Gasteiger partial charge in [-0.25, -0.2) is 0 Å². The van der Waals surface area contributed by atoms with E-state index in [0.717, 1.165) is 0 Å². The monoisotopic (exact) mass is 314 g/mol. The summed E-state index contributed by atoms with van der Waals surface area (Å²) in [6.07, 6.45) is 0. The molecular weight excluding hydrogens is 307 g/mol. The Morgan fingerprint density at radius 3 is 2.55 bits per heavy atom. The predicted molar refractivity (Wildman–Crippen MR) is 72.5 cm³/mol. The second kappa shape index (κ2) is 5.56. The first-order valence-electron chi connectivity index (χ1n) is 5.37. The van der Waals surface area contributed by atoms with Gasteiger partial charge in [-0.15, -0.1) is 10.2 Å². The molecule has 0 bridgehead atoms. The zero-order valence-electron chi connectivity index (χ0n) is 10.4. The van der Waals surface area contributed by atoms with Crippen LogP contribution in [0.2, 0.25) is 10.4 Å². The highest BCUT2D eigenvalue weighted by molar-refractivity contribution is 6.31. The molecule has 0 aliphatic rings. The molecule has 0 saturated heterocycles. The van der Waals surface area contributed by atoms with Crippen molar-refractivity contribution >= 4 is 28.9 Å². The summed E-state index contributed by atoms with van der Waals surface area (Å²) >= 11 is 11.4. The van der Waals surface area contributed by atoms with Crippen LogP contribution in [-0.2, 0) is 0 Å². The Morgan fingerprint density at radius 1 is 1.20 bits per heavy atom. The summed E-state index contributed by atoms with van der Waals surface area (Å²) in [6.45, 7) is 3.28. The minimum atomic E-state index is -0.456. The summed E-state index contributed by atoms with van der Waals surface area (Å²) in [5, 5.41) is 17.7. The van der Waals surface area contributed by atoms with Crippen LogP contribution in [0.5, 0.6) is 11.6 Å². The van der Waals surface area contributed by atoms with Gasteiger partial charge in [0.05, 0.1) is 4.92 Å². The van der Waals surface area contributed by atoms with E-state index in [1.807, 2.05) is 0 Å². The van der Waals surface area contributed by atoms with Crippen LogP contribution >= 0.6 is 23.2 Å². The van der Waals surface area contributed by atoms with Crippen molar-refractivity contribution in [1.29, 1.82) is 0 Å². The molecule has 0 fully saturated rings. The molecule has 0 aliphatic carbocycles. The van der Waals surface area contributed by atoms with Crippen molar-refractivity contribution in [3.63, 3.8) is 0 Å². The van der Waals surface area contributed by atoms with Crippen molar-refractivity contribution in [1.82, 2.24) is 15.2 Å². The van der Waals surface area contributed by atoms with Gasteiger partial charge >= 0.3 is 0 Å². The lowest BCUT2D eigenvalue weighted by Gasteiger charge is -2.09. The first-order chi connectivity index (χ1) is 9.38. The van der Waals surface area contributed by atoms with Gasteiger partial charge in [-0.3, -0.25) is 10.1 Å². The second-order valence-corrected chi connectivity index (χ2v) is 4.64. The molecule has 0 amide bonds. The fraction of sp³-hybridized carbons (Fsp3) is 0.182. The Balaban J connectivity index is 2.42. The number of benzene rings is 1. The fourth-order valence-electron chi connectivity index (χ4n) is 1.53. The van der Waals surface area contributed by atoms with Gasteiger partial charge in [-0.05, 0) is 37.1 Å². The van der Waals surface area contributed by atoms with Crippen molar-refractivity contribution in [2.45, 2.75) is 13.8 Å². The topological polar surface area (TPSA) is 91.0 Å². The van der Waals surface area contributed by atoms with Gasteiger partial charge < -0.3 is 4.74 Å². The molecule has 2 aromatic rings. The number of aromatic nitrogens is 3. The fourth-order valence-corrected chi connectivity index (χ4v) is 1.76. The number of nitro benzene ring substituents is 1. The van der Waals surface area contributed by atoms with Gasteiger partial charge in [0.25, 0.3) is 11.6 Å². The smallest absolute Gasteiger partial charge is 0.272 e. The van der Waals surface area contributed by atoms with Crippen molar-refractivity contribution in [2.24, 2.45) is 0 Å². The number of hydrogen-bond donors (Lipinski definition) is 0. The lowest BCUT2D eigenvalue weighted by Crippen LogP contribution is -1.98. The minimum absolute atomic E-state index is 0.0111. The number of nitrogens with zero attached hydrogens (tertiary/aromatic N) is 4. The van der Waals surface area contributed by atoms with E-state index < -0.39 is 4.92 Å². The Hall–Kier alpha value is -1.99. The zero-order valence-corrected chi connectivity index (χ0v) is 11.9. The number of aryl methyl sites for hydroxylation is 2. The lowest BCUT2D eigenvalue weighted by atomic mass is 10.1. The van der Waals surface area contributed by atoms with E-state index in [9.17, 15) is 10.1 Å². The molecule has 7 nitrogen and oxygen atoms in total. The molecule has 1 aromatic carbocycles. The first-order valence-corrected chi connectivity index (χ1v) is 6.13. The van der Waals surface area contributed by atoms with Crippen LogP contribution in [0.4, 0.5) is 5.69 Å². The van der Waals surface area contributed by atoms with E-state index in [2.05, 4.69) is 15.2 Å². The molecule has 20 heavy (non-hydrogen) atoms. The van der Waals surface area contributed by atoms with E-state index in [1.165, 1.54) is 12.1 Å². The minimum Gasteiger partial charge on any atom is -0.436 e. The summed E-state index contributed by atoms with van der Waals surface area (Å²) in [5.41, 5.74) is 1.03. The molecule has 0 unspecified atom stereocenters. The van der Waals surface area contributed by atoms with Crippen LogP contribution in [0.25, 0.3) is 0 Å². The van der Waals surface area contributed by atoms with Gasteiger partial charge in [0.1, 0.15) is 5.75 Å². The Bertz CT molecular complexity index is 694. The van der Waals surface area contributed by atoms with Gasteiger partial charge in [-0.2, -0.15) is 4.98 Å². The molecule has 0 radical (unpaired) electrons. The number of nitro groups is 1. The Morgan fingerprint density at radius 2 is 1.90 bits per heavy atom. The van der Waals surface area contributed by atoms with Gasteiger partial charge in [-0.1, -0.05) is 11.6 Å². The standard InChI is InChI=1S/C11H8Cl2N4O3/c1-5-4-8(6(2)3-7(5)17(18)19)20-10-9(12)15-16-11(13)14-10/h3-4H,1-2H3. The van der Waals surface area contributed by atoms with E-state index in [1.54, 1.807) is 13.8 Å². The van der Waals surface area contributed by atoms with Crippen LogP contribution in [0, 0.1) is 24.0 Å². The maximum absolute atomic E-state index is 10.8. The lowest BCUT2D eigenvalue weighted by molar-refractivity contribution is -0.385. The van der Waals surface area contributed by atoms with Gasteiger partial charge in [0.15, 0.2) is 0 Å². The van der Waals surface area contributed by atoms with Gasteiger partial charge in [0, 0.05) is 11.6 Å². The van der Waals surface area contributed by atoms with Crippen LogP contribution in [-0.4, -0.2) is 20.1 Å². The van der Waals surface area contributed by atoms with Crippen molar-refractivity contribution in [2.75, 3.05) is 0 Å². The molecule has 1 aromatic heterocycles. The summed E-state index contributed by atoms with van der Waals surface area (Å²) in [4.78, 5) is 14.2. The molecule has 0 atom stereocenters. The van der Waals surface area contributed by atoms with Crippen molar-refractivity contribution in [3.8, 4) is 11.6 Å². The molecule has 0 spiro atoms. The first kappa shape index (κ1) is 14.4. The summed E-state index contributed by atoms with van der Waals surface area (Å²) in [5.74, 6) is 0.370. The highest BCUT2D eigenvalue weighted by Crippen LogP contribution is 2.32. The normalized spacial score (nSPS) is 10.4.